The first-order valence-electron chi connectivity index (χ1n) is 6.85. The molecule has 4 nitrogen and oxygen atoms in total. The van der Waals surface area contributed by atoms with Crippen molar-refractivity contribution < 1.29 is 4.79 Å². The number of nitrogens with one attached hydrogen (secondary N) is 2. The van der Waals surface area contributed by atoms with Gasteiger partial charge in [0.1, 0.15) is 5.56 Å². The minimum Gasteiger partial charge on any atom is -0.328 e. The fourth-order valence-corrected chi connectivity index (χ4v) is 2.69. The maximum Gasteiger partial charge on any atom is 0.261 e. The lowest BCUT2D eigenvalue weighted by Gasteiger charge is -2.19. The Hall–Kier alpha value is -2.36. The van der Waals surface area contributed by atoms with Crippen LogP contribution in [0.1, 0.15) is 34.3 Å². The first-order chi connectivity index (χ1) is 9.75. The average molecular weight is 268 g/mol. The van der Waals surface area contributed by atoms with Crippen molar-refractivity contribution in [2.24, 2.45) is 0 Å². The first kappa shape index (κ1) is 12.7. The third-order valence-corrected chi connectivity index (χ3v) is 3.71. The minimum atomic E-state index is -0.366. The predicted molar refractivity (Wildman–Crippen MR) is 78.1 cm³/mol. The Labute approximate surface area is 116 Å². The van der Waals surface area contributed by atoms with Gasteiger partial charge in [0.25, 0.3) is 11.5 Å². The summed E-state index contributed by atoms with van der Waals surface area (Å²) in [4.78, 5) is 26.3. The van der Waals surface area contributed by atoms with E-state index in [9.17, 15) is 9.59 Å². The number of hydrogen-bond donors (Lipinski definition) is 2. The maximum atomic E-state index is 12.2. The molecule has 0 saturated heterocycles. The molecule has 0 aliphatic heterocycles. The van der Waals surface area contributed by atoms with Crippen molar-refractivity contribution >= 4 is 11.6 Å². The van der Waals surface area contributed by atoms with Crippen molar-refractivity contribution in [3.05, 3.63) is 63.6 Å². The zero-order valence-corrected chi connectivity index (χ0v) is 11.1. The average Bonchev–Trinajstić information content (AvgIpc) is 2.48. The van der Waals surface area contributed by atoms with Crippen molar-refractivity contribution in [2.75, 3.05) is 5.32 Å². The van der Waals surface area contributed by atoms with Gasteiger partial charge >= 0.3 is 0 Å². The van der Waals surface area contributed by atoms with E-state index in [2.05, 4.69) is 16.4 Å². The van der Waals surface area contributed by atoms with E-state index in [-0.39, 0.29) is 17.0 Å². The summed E-state index contributed by atoms with van der Waals surface area (Å²) in [5, 5.41) is 2.87. The van der Waals surface area contributed by atoms with E-state index in [1.807, 2.05) is 12.1 Å². The SMILES string of the molecule is O=C(Nc1cccc2c1CCCC2)c1ccc[nH]c1=O. The van der Waals surface area contributed by atoms with Gasteiger partial charge in [0.15, 0.2) is 0 Å². The number of pyridine rings is 1. The zero-order valence-electron chi connectivity index (χ0n) is 11.1. The van der Waals surface area contributed by atoms with E-state index >= 15 is 0 Å². The van der Waals surface area contributed by atoms with Crippen molar-refractivity contribution in [3.8, 4) is 0 Å². The van der Waals surface area contributed by atoms with Gasteiger partial charge in [0.2, 0.25) is 0 Å². The molecule has 1 aromatic carbocycles. The van der Waals surface area contributed by atoms with Crippen molar-refractivity contribution in [3.63, 3.8) is 0 Å². The molecule has 0 bridgehead atoms. The summed E-state index contributed by atoms with van der Waals surface area (Å²) < 4.78 is 0. The summed E-state index contributed by atoms with van der Waals surface area (Å²) in [7, 11) is 0. The number of H-pyrrole nitrogens is 1. The number of carbonyl (C=O) groups is 1. The van der Waals surface area contributed by atoms with Crippen LogP contribution < -0.4 is 10.9 Å². The van der Waals surface area contributed by atoms with E-state index in [4.69, 9.17) is 0 Å². The molecule has 4 heteroatoms. The molecule has 2 N–H and O–H groups in total. The number of benzene rings is 1. The van der Waals surface area contributed by atoms with Crippen LogP contribution >= 0.6 is 0 Å². The molecule has 0 saturated carbocycles. The number of aromatic amines is 1. The Balaban J connectivity index is 1.91. The van der Waals surface area contributed by atoms with Gasteiger partial charge in [-0.3, -0.25) is 9.59 Å². The summed E-state index contributed by atoms with van der Waals surface area (Å²) in [5.41, 5.74) is 3.11. The Morgan fingerprint density at radius 1 is 1.10 bits per heavy atom. The molecule has 1 aromatic heterocycles. The number of anilines is 1. The highest BCUT2D eigenvalue weighted by Crippen LogP contribution is 2.27. The molecule has 20 heavy (non-hydrogen) atoms. The maximum absolute atomic E-state index is 12.2. The van der Waals surface area contributed by atoms with E-state index in [0.29, 0.717) is 0 Å². The smallest absolute Gasteiger partial charge is 0.261 e. The van der Waals surface area contributed by atoms with Crippen LogP contribution in [0, 0.1) is 0 Å². The number of rotatable bonds is 2. The fourth-order valence-electron chi connectivity index (χ4n) is 2.69. The van der Waals surface area contributed by atoms with Gasteiger partial charge in [-0.25, -0.2) is 0 Å². The molecule has 102 valence electrons. The van der Waals surface area contributed by atoms with Crippen molar-refractivity contribution in [2.45, 2.75) is 25.7 Å². The van der Waals surface area contributed by atoms with E-state index in [0.717, 1.165) is 24.9 Å². The third kappa shape index (κ3) is 2.37. The monoisotopic (exact) mass is 268 g/mol. The summed E-state index contributed by atoms with van der Waals surface area (Å²) in [6, 6.07) is 9.15. The summed E-state index contributed by atoms with van der Waals surface area (Å²) in [6.07, 6.45) is 5.90. The highest BCUT2D eigenvalue weighted by molar-refractivity contribution is 6.04. The molecular weight excluding hydrogens is 252 g/mol. The molecule has 0 unspecified atom stereocenters. The molecule has 0 fully saturated rings. The third-order valence-electron chi connectivity index (χ3n) is 3.71. The second-order valence-corrected chi connectivity index (χ2v) is 5.02. The fraction of sp³-hybridized carbons (Fsp3) is 0.250. The van der Waals surface area contributed by atoms with E-state index in [1.54, 1.807) is 6.07 Å². The van der Waals surface area contributed by atoms with Crippen LogP contribution in [0.4, 0.5) is 5.69 Å². The Bertz CT molecular complexity index is 704. The molecule has 1 heterocycles. The number of carbonyl (C=O) groups excluding carboxylic acids is 1. The lowest BCUT2D eigenvalue weighted by molar-refractivity contribution is 0.102. The van der Waals surface area contributed by atoms with Crippen LogP contribution in [0.25, 0.3) is 0 Å². The highest BCUT2D eigenvalue weighted by atomic mass is 16.2. The molecule has 1 aliphatic rings. The van der Waals surface area contributed by atoms with Crippen LogP contribution in [-0.4, -0.2) is 10.9 Å². The minimum absolute atomic E-state index is 0.140. The Morgan fingerprint density at radius 2 is 1.95 bits per heavy atom. The highest BCUT2D eigenvalue weighted by Gasteiger charge is 2.16. The number of hydrogen-bond acceptors (Lipinski definition) is 2. The summed E-state index contributed by atoms with van der Waals surface area (Å²) in [5.74, 6) is -0.356. The number of aromatic nitrogens is 1. The topological polar surface area (TPSA) is 62.0 Å². The lowest BCUT2D eigenvalue weighted by Crippen LogP contribution is -2.23. The zero-order chi connectivity index (χ0) is 13.9. The molecule has 1 aliphatic carbocycles. The predicted octanol–water partition coefficient (Wildman–Crippen LogP) is 2.51. The largest absolute Gasteiger partial charge is 0.328 e. The molecule has 2 aromatic rings. The molecule has 0 radical (unpaired) electrons. The summed E-state index contributed by atoms with van der Waals surface area (Å²) >= 11 is 0. The van der Waals surface area contributed by atoms with Crippen LogP contribution in [-0.2, 0) is 12.8 Å². The number of fused-ring (bicyclic) bond motifs is 1. The second kappa shape index (κ2) is 5.33. The van der Waals surface area contributed by atoms with Crippen LogP contribution in [0.3, 0.4) is 0 Å². The van der Waals surface area contributed by atoms with Gasteiger partial charge in [-0.2, -0.15) is 0 Å². The molecule has 1 amide bonds. The second-order valence-electron chi connectivity index (χ2n) is 5.02. The molecule has 0 spiro atoms. The van der Waals surface area contributed by atoms with Gasteiger partial charge < -0.3 is 10.3 Å². The lowest BCUT2D eigenvalue weighted by atomic mass is 9.90. The van der Waals surface area contributed by atoms with Gasteiger partial charge in [-0.15, -0.1) is 0 Å². The number of aryl methyl sites for hydroxylation is 1. The van der Waals surface area contributed by atoms with Gasteiger partial charge in [-0.05, 0) is 55.0 Å². The normalized spacial score (nSPS) is 13.6. The quantitative estimate of drug-likeness (QED) is 0.879. The van der Waals surface area contributed by atoms with Crippen molar-refractivity contribution in [1.29, 1.82) is 0 Å². The summed E-state index contributed by atoms with van der Waals surface area (Å²) in [6.45, 7) is 0. The van der Waals surface area contributed by atoms with E-state index < -0.39 is 0 Å². The van der Waals surface area contributed by atoms with Gasteiger partial charge in [-0.1, -0.05) is 12.1 Å². The van der Waals surface area contributed by atoms with Crippen molar-refractivity contribution in [1.82, 2.24) is 4.98 Å². The van der Waals surface area contributed by atoms with Gasteiger partial charge in [0.05, 0.1) is 0 Å². The molecular formula is C16H16N2O2. The van der Waals surface area contributed by atoms with Crippen LogP contribution in [0.15, 0.2) is 41.3 Å². The van der Waals surface area contributed by atoms with Crippen LogP contribution in [0.5, 0.6) is 0 Å². The Morgan fingerprint density at radius 3 is 2.80 bits per heavy atom. The molecule has 0 atom stereocenters. The molecule has 3 rings (SSSR count). The van der Waals surface area contributed by atoms with Gasteiger partial charge in [0, 0.05) is 11.9 Å². The number of amides is 1. The Kier molecular flexibility index (Phi) is 3.37. The first-order valence-corrected chi connectivity index (χ1v) is 6.85. The standard InChI is InChI=1S/C16H16N2O2/c19-15-13(8-4-10-17-15)16(20)18-14-9-3-6-11-5-1-2-7-12(11)14/h3-4,6,8-10H,1-2,5,7H2,(H,17,19)(H,18,20). The van der Waals surface area contributed by atoms with Crippen LogP contribution in [0.2, 0.25) is 0 Å². The van der Waals surface area contributed by atoms with E-state index in [1.165, 1.54) is 29.8 Å².